The second-order valence-corrected chi connectivity index (χ2v) is 10.6. The number of nitrogens with zero attached hydrogens (tertiary/aromatic N) is 3. The minimum Gasteiger partial charge on any atom is -0.343 e. The summed E-state index contributed by atoms with van der Waals surface area (Å²) in [5.74, 6) is 0.794. The van der Waals surface area contributed by atoms with Crippen LogP contribution >= 0.6 is 22.9 Å². The van der Waals surface area contributed by atoms with E-state index in [9.17, 15) is 13.2 Å². The van der Waals surface area contributed by atoms with Crippen LogP contribution in [0.3, 0.4) is 0 Å². The highest BCUT2D eigenvalue weighted by Gasteiger charge is 2.23. The van der Waals surface area contributed by atoms with Gasteiger partial charge >= 0.3 is 0 Å². The topological polar surface area (TPSA) is 105 Å². The molecule has 1 aromatic carbocycles. The predicted octanol–water partition coefficient (Wildman–Crippen LogP) is 3.72. The standard InChI is InChI=1S/C20H21ClN4O4S2/c1-13-17(31(27,28)22-9-3-11-25-10-2-4-18(25)26)12-16(30-13)20-23-19(24-29-20)14-5-7-15(21)8-6-14/h5-8,12,22H,2-4,9-11H2,1H3. The van der Waals surface area contributed by atoms with Crippen molar-refractivity contribution in [1.82, 2.24) is 19.8 Å². The lowest BCUT2D eigenvalue weighted by Crippen LogP contribution is -2.30. The molecule has 31 heavy (non-hydrogen) atoms. The van der Waals surface area contributed by atoms with Crippen LogP contribution in [0.25, 0.3) is 22.2 Å². The summed E-state index contributed by atoms with van der Waals surface area (Å²) in [7, 11) is -3.69. The van der Waals surface area contributed by atoms with Gasteiger partial charge in [-0.2, -0.15) is 4.98 Å². The first-order valence-corrected chi connectivity index (χ1v) is 12.5. The summed E-state index contributed by atoms with van der Waals surface area (Å²) in [4.78, 5) is 19.2. The molecule has 11 heteroatoms. The number of sulfonamides is 1. The van der Waals surface area contributed by atoms with Crippen LogP contribution in [0.15, 0.2) is 39.8 Å². The van der Waals surface area contributed by atoms with Crippen molar-refractivity contribution in [3.63, 3.8) is 0 Å². The lowest BCUT2D eigenvalue weighted by Gasteiger charge is -2.15. The van der Waals surface area contributed by atoms with Gasteiger partial charge in [0, 0.05) is 41.5 Å². The summed E-state index contributed by atoms with van der Waals surface area (Å²) in [6.07, 6.45) is 2.02. The van der Waals surface area contributed by atoms with Crippen LogP contribution in [0.2, 0.25) is 5.02 Å². The Labute approximate surface area is 189 Å². The number of amides is 1. The number of hydrogen-bond acceptors (Lipinski definition) is 7. The largest absolute Gasteiger partial charge is 0.343 e. The van der Waals surface area contributed by atoms with E-state index < -0.39 is 10.0 Å². The van der Waals surface area contributed by atoms with Gasteiger partial charge in [0.05, 0.1) is 9.77 Å². The van der Waals surface area contributed by atoms with Gasteiger partial charge in [-0.05, 0) is 50.1 Å². The lowest BCUT2D eigenvalue weighted by atomic mass is 10.2. The highest BCUT2D eigenvalue weighted by atomic mass is 35.5. The van der Waals surface area contributed by atoms with Gasteiger partial charge in [0.25, 0.3) is 5.89 Å². The van der Waals surface area contributed by atoms with Gasteiger partial charge in [-0.1, -0.05) is 16.8 Å². The van der Waals surface area contributed by atoms with Crippen LogP contribution in [-0.4, -0.2) is 49.0 Å². The number of carbonyl (C=O) groups excluding carboxylic acids is 1. The number of halogens is 1. The normalized spacial score (nSPS) is 14.5. The number of hydrogen-bond donors (Lipinski definition) is 1. The molecule has 1 N–H and O–H groups in total. The molecule has 0 spiro atoms. The third-order valence-corrected chi connectivity index (χ3v) is 7.98. The molecule has 1 amide bonds. The molecular formula is C20H21ClN4O4S2. The molecule has 2 aromatic heterocycles. The number of carbonyl (C=O) groups is 1. The van der Waals surface area contributed by atoms with E-state index in [1.165, 1.54) is 11.3 Å². The Morgan fingerprint density at radius 1 is 1.29 bits per heavy atom. The van der Waals surface area contributed by atoms with Crippen LogP contribution < -0.4 is 4.72 Å². The average molecular weight is 481 g/mol. The van der Waals surface area contributed by atoms with E-state index in [-0.39, 0.29) is 23.2 Å². The fourth-order valence-electron chi connectivity index (χ4n) is 3.37. The highest BCUT2D eigenvalue weighted by molar-refractivity contribution is 7.89. The molecule has 0 bridgehead atoms. The molecule has 1 saturated heterocycles. The maximum Gasteiger partial charge on any atom is 0.268 e. The van der Waals surface area contributed by atoms with Gasteiger partial charge in [0.1, 0.15) is 0 Å². The Hall–Kier alpha value is -2.27. The molecule has 4 rings (SSSR count). The molecule has 164 valence electrons. The fourth-order valence-corrected chi connectivity index (χ4v) is 6.08. The second kappa shape index (κ2) is 9.07. The van der Waals surface area contributed by atoms with E-state index in [4.69, 9.17) is 16.1 Å². The molecule has 0 aliphatic carbocycles. The van der Waals surface area contributed by atoms with E-state index in [0.29, 0.717) is 40.0 Å². The quantitative estimate of drug-likeness (QED) is 0.492. The van der Waals surface area contributed by atoms with E-state index in [0.717, 1.165) is 18.5 Å². The summed E-state index contributed by atoms with van der Waals surface area (Å²) in [6.45, 7) is 3.31. The number of nitrogens with one attached hydrogen (secondary N) is 1. The molecule has 0 atom stereocenters. The molecule has 1 fully saturated rings. The Bertz CT molecular complexity index is 1190. The van der Waals surface area contributed by atoms with Crippen LogP contribution in [0.4, 0.5) is 0 Å². The van der Waals surface area contributed by atoms with Crippen LogP contribution in [-0.2, 0) is 14.8 Å². The van der Waals surface area contributed by atoms with Crippen molar-refractivity contribution in [2.75, 3.05) is 19.6 Å². The maximum atomic E-state index is 12.8. The number of likely N-dealkylation sites (tertiary alicyclic amines) is 1. The van der Waals surface area contributed by atoms with Crippen molar-refractivity contribution >= 4 is 38.9 Å². The highest BCUT2D eigenvalue weighted by Crippen LogP contribution is 2.33. The lowest BCUT2D eigenvalue weighted by molar-refractivity contribution is -0.127. The number of benzene rings is 1. The summed E-state index contributed by atoms with van der Waals surface area (Å²) in [5, 5.41) is 4.59. The Kier molecular flexibility index (Phi) is 6.42. The average Bonchev–Trinajstić information content (AvgIpc) is 3.46. The summed E-state index contributed by atoms with van der Waals surface area (Å²) >= 11 is 7.18. The number of aryl methyl sites for hydroxylation is 1. The smallest absolute Gasteiger partial charge is 0.268 e. The minimum atomic E-state index is -3.69. The van der Waals surface area contributed by atoms with Crippen LogP contribution in [0.1, 0.15) is 24.1 Å². The SMILES string of the molecule is Cc1sc(-c2nc(-c3ccc(Cl)cc3)no2)cc1S(=O)(=O)NCCCN1CCCC1=O. The monoisotopic (exact) mass is 480 g/mol. The van der Waals surface area contributed by atoms with Gasteiger partial charge < -0.3 is 9.42 Å². The molecule has 3 aromatic rings. The van der Waals surface area contributed by atoms with Crippen molar-refractivity contribution in [2.24, 2.45) is 0 Å². The number of rotatable bonds is 8. The summed E-state index contributed by atoms with van der Waals surface area (Å²) in [5.41, 5.74) is 0.749. The zero-order valence-corrected chi connectivity index (χ0v) is 19.2. The van der Waals surface area contributed by atoms with E-state index in [1.807, 2.05) is 0 Å². The van der Waals surface area contributed by atoms with Crippen molar-refractivity contribution in [3.8, 4) is 22.2 Å². The third kappa shape index (κ3) is 4.98. The molecule has 1 aliphatic heterocycles. The minimum absolute atomic E-state index is 0.138. The fraction of sp³-hybridized carbons (Fsp3) is 0.350. The molecule has 3 heterocycles. The molecule has 8 nitrogen and oxygen atoms in total. The third-order valence-electron chi connectivity index (χ3n) is 4.97. The zero-order chi connectivity index (χ0) is 22.0. The van der Waals surface area contributed by atoms with E-state index >= 15 is 0 Å². The first-order chi connectivity index (χ1) is 14.8. The van der Waals surface area contributed by atoms with Crippen molar-refractivity contribution in [2.45, 2.75) is 31.1 Å². The van der Waals surface area contributed by atoms with Gasteiger partial charge in [-0.3, -0.25) is 4.79 Å². The van der Waals surface area contributed by atoms with Crippen LogP contribution in [0, 0.1) is 6.92 Å². The Morgan fingerprint density at radius 2 is 2.06 bits per heavy atom. The molecular weight excluding hydrogens is 460 g/mol. The predicted molar refractivity (Wildman–Crippen MR) is 118 cm³/mol. The molecule has 0 saturated carbocycles. The van der Waals surface area contributed by atoms with E-state index in [2.05, 4.69) is 14.9 Å². The van der Waals surface area contributed by atoms with Crippen molar-refractivity contribution < 1.29 is 17.7 Å². The molecule has 1 aliphatic rings. The Balaban J connectivity index is 1.43. The molecule has 0 radical (unpaired) electrons. The van der Waals surface area contributed by atoms with Crippen molar-refractivity contribution in [3.05, 3.63) is 40.2 Å². The first-order valence-electron chi connectivity index (χ1n) is 9.81. The number of thiophene rings is 1. The second-order valence-electron chi connectivity index (χ2n) is 7.20. The zero-order valence-electron chi connectivity index (χ0n) is 16.8. The van der Waals surface area contributed by atoms with E-state index in [1.54, 1.807) is 42.2 Å². The summed E-state index contributed by atoms with van der Waals surface area (Å²) < 4.78 is 33.5. The van der Waals surface area contributed by atoms with Gasteiger partial charge in [0.2, 0.25) is 21.8 Å². The molecule has 0 unspecified atom stereocenters. The van der Waals surface area contributed by atoms with Gasteiger partial charge in [-0.15, -0.1) is 11.3 Å². The summed E-state index contributed by atoms with van der Waals surface area (Å²) in [6, 6.07) is 8.58. The van der Waals surface area contributed by atoms with Crippen molar-refractivity contribution in [1.29, 1.82) is 0 Å². The first kappa shape index (κ1) is 21.9. The Morgan fingerprint density at radius 3 is 2.77 bits per heavy atom. The van der Waals surface area contributed by atoms with Gasteiger partial charge in [0.15, 0.2) is 0 Å². The van der Waals surface area contributed by atoms with Gasteiger partial charge in [-0.25, -0.2) is 13.1 Å². The van der Waals surface area contributed by atoms with Crippen LogP contribution in [0.5, 0.6) is 0 Å². The maximum absolute atomic E-state index is 12.8. The number of aromatic nitrogens is 2.